The topological polar surface area (TPSA) is 49.8 Å². The van der Waals surface area contributed by atoms with Crippen LogP contribution in [0.1, 0.15) is 96.2 Å². The highest BCUT2D eigenvalue weighted by molar-refractivity contribution is 6.62. The molecule has 0 N–H and O–H groups in total. The molecule has 0 atom stereocenters. The van der Waals surface area contributed by atoms with E-state index in [1.54, 1.807) is 0 Å². The minimum atomic E-state index is -1.01. The van der Waals surface area contributed by atoms with Crippen molar-refractivity contribution in [3.63, 3.8) is 0 Å². The van der Waals surface area contributed by atoms with Gasteiger partial charge in [-0.15, -0.1) is 0 Å². The van der Waals surface area contributed by atoms with Gasteiger partial charge in [0.05, 0.1) is 24.4 Å². The predicted octanol–water partition coefficient (Wildman–Crippen LogP) is 5.29. The van der Waals surface area contributed by atoms with Crippen molar-refractivity contribution in [3.8, 4) is 0 Å². The molecule has 0 saturated carbocycles. The molecular weight excluding hydrogens is 437 g/mol. The summed E-state index contributed by atoms with van der Waals surface area (Å²) in [7, 11) is -0.448. The van der Waals surface area contributed by atoms with E-state index >= 15 is 0 Å². The molecule has 2 fully saturated rings. The van der Waals surface area contributed by atoms with Crippen molar-refractivity contribution < 1.29 is 18.8 Å². The summed E-state index contributed by atoms with van der Waals surface area (Å²) in [6.07, 6.45) is 4.18. The van der Waals surface area contributed by atoms with Gasteiger partial charge in [-0.1, -0.05) is 39.8 Å². The van der Waals surface area contributed by atoms with Gasteiger partial charge >= 0.3 is 7.12 Å². The summed E-state index contributed by atoms with van der Waals surface area (Å²) < 4.78 is 25.2. The van der Waals surface area contributed by atoms with Crippen molar-refractivity contribution in [1.29, 1.82) is 0 Å². The van der Waals surface area contributed by atoms with E-state index in [9.17, 15) is 0 Å². The monoisotopic (exact) mass is 477 g/mol. The van der Waals surface area contributed by atoms with E-state index in [-0.39, 0.29) is 10.8 Å². The number of ether oxygens (including phenoxy) is 2. The molecule has 35 heavy (non-hydrogen) atoms. The Kier molecular flexibility index (Phi) is 5.62. The number of aromatic nitrogens is 1. The van der Waals surface area contributed by atoms with Gasteiger partial charge in [-0.3, -0.25) is 4.98 Å². The maximum absolute atomic E-state index is 6.39. The van der Waals surface area contributed by atoms with Gasteiger partial charge in [0.15, 0.2) is 0 Å². The Morgan fingerprint density at radius 3 is 1.80 bits per heavy atom. The maximum Gasteiger partial charge on any atom is 0.496 e. The first-order valence-corrected chi connectivity index (χ1v) is 12.9. The fourth-order valence-corrected chi connectivity index (χ4v) is 5.65. The summed E-state index contributed by atoms with van der Waals surface area (Å²) in [4.78, 5) is 4.86. The zero-order valence-electron chi connectivity index (χ0n) is 22.9. The van der Waals surface area contributed by atoms with Crippen LogP contribution in [0, 0.1) is 6.92 Å². The number of rotatable bonds is 3. The Morgan fingerprint density at radius 1 is 0.743 bits per heavy atom. The van der Waals surface area contributed by atoms with Crippen molar-refractivity contribution in [2.45, 2.75) is 103 Å². The van der Waals surface area contributed by atoms with Gasteiger partial charge in [0.25, 0.3) is 0 Å². The summed E-state index contributed by atoms with van der Waals surface area (Å²) in [5.74, 6) is -1.01. The molecule has 1 aromatic carbocycles. The first-order valence-electron chi connectivity index (χ1n) is 12.9. The Balaban J connectivity index is 1.56. The van der Waals surface area contributed by atoms with Crippen molar-refractivity contribution in [3.05, 3.63) is 58.4 Å². The highest BCUT2D eigenvalue weighted by atomic mass is 16.7. The van der Waals surface area contributed by atoms with Crippen LogP contribution in [0.5, 0.6) is 0 Å². The minimum absolute atomic E-state index is 0.0984. The van der Waals surface area contributed by atoms with Crippen LogP contribution in [0.3, 0.4) is 0 Å². The summed E-state index contributed by atoms with van der Waals surface area (Å²) >= 11 is 0. The standard InChI is InChI=1S/C29H40BNO4/c1-19-16-22-23(26(4,5)13-12-25(22,2)3)17-21(19)29(32-14-15-33-29)24-11-10-20(18-31-24)30-34-27(6,7)28(8,9)35-30/h10-11,16-18H,12-15H2,1-9H3. The number of hydrogen-bond donors (Lipinski definition) is 0. The third-order valence-electron chi connectivity index (χ3n) is 8.90. The van der Waals surface area contributed by atoms with Gasteiger partial charge in [-0.05, 0) is 87.1 Å². The number of fused-ring (bicyclic) bond motifs is 1. The van der Waals surface area contributed by atoms with Gasteiger partial charge in [0.1, 0.15) is 5.69 Å². The summed E-state index contributed by atoms with van der Waals surface area (Å²) in [6.45, 7) is 20.9. The molecule has 6 heteroatoms. The third kappa shape index (κ3) is 3.88. The van der Waals surface area contributed by atoms with Crippen LogP contribution in [0.2, 0.25) is 0 Å². The predicted molar refractivity (Wildman–Crippen MR) is 139 cm³/mol. The fraction of sp³-hybridized carbons (Fsp3) is 0.621. The molecule has 0 radical (unpaired) electrons. The molecule has 2 saturated heterocycles. The SMILES string of the molecule is Cc1cc2c(cc1C1(c3ccc(B4OC(C)(C)C(C)(C)O4)cn3)OCCO1)C(C)(C)CCC2(C)C. The molecule has 0 spiro atoms. The number of nitrogens with zero attached hydrogens (tertiary/aromatic N) is 1. The first-order chi connectivity index (χ1) is 16.2. The van der Waals surface area contributed by atoms with E-state index in [4.69, 9.17) is 23.8 Å². The Morgan fingerprint density at radius 2 is 1.29 bits per heavy atom. The number of benzene rings is 1. The Bertz CT molecular complexity index is 1110. The molecule has 2 aromatic rings. The summed E-state index contributed by atoms with van der Waals surface area (Å²) in [6, 6.07) is 8.72. The molecule has 3 heterocycles. The second kappa shape index (κ2) is 7.88. The van der Waals surface area contributed by atoms with E-state index in [1.807, 2.05) is 18.3 Å². The zero-order chi connectivity index (χ0) is 25.4. The lowest BCUT2D eigenvalue weighted by Crippen LogP contribution is -2.41. The lowest BCUT2D eigenvalue weighted by molar-refractivity contribution is -0.133. The molecule has 0 bridgehead atoms. The molecule has 5 nitrogen and oxygen atoms in total. The molecular formula is C29H40BNO4. The highest BCUT2D eigenvalue weighted by Gasteiger charge is 2.52. The van der Waals surface area contributed by atoms with Gasteiger partial charge in [-0.25, -0.2) is 0 Å². The van der Waals surface area contributed by atoms with Crippen LogP contribution in [0.4, 0.5) is 0 Å². The average molecular weight is 477 g/mol. The smallest absolute Gasteiger partial charge is 0.399 e. The second-order valence-corrected chi connectivity index (χ2v) is 12.9. The number of aryl methyl sites for hydroxylation is 1. The van der Waals surface area contributed by atoms with Crippen molar-refractivity contribution >= 4 is 12.6 Å². The molecule has 188 valence electrons. The Hall–Kier alpha value is -1.73. The second-order valence-electron chi connectivity index (χ2n) is 12.9. The zero-order valence-corrected chi connectivity index (χ0v) is 22.9. The van der Waals surface area contributed by atoms with E-state index in [2.05, 4.69) is 74.4 Å². The van der Waals surface area contributed by atoms with Gasteiger partial charge < -0.3 is 18.8 Å². The maximum atomic E-state index is 6.39. The molecule has 0 unspecified atom stereocenters. The number of hydrogen-bond acceptors (Lipinski definition) is 5. The molecule has 5 rings (SSSR count). The van der Waals surface area contributed by atoms with Crippen LogP contribution in [-0.4, -0.2) is 36.5 Å². The van der Waals surface area contributed by atoms with Gasteiger partial charge in [0.2, 0.25) is 5.79 Å². The van der Waals surface area contributed by atoms with Crippen LogP contribution in [-0.2, 0) is 35.4 Å². The van der Waals surface area contributed by atoms with E-state index in [0.717, 1.165) is 23.1 Å². The van der Waals surface area contributed by atoms with Crippen LogP contribution in [0.15, 0.2) is 30.5 Å². The third-order valence-corrected chi connectivity index (χ3v) is 8.90. The molecule has 3 aliphatic rings. The summed E-state index contributed by atoms with van der Waals surface area (Å²) in [5, 5.41) is 0. The first kappa shape index (κ1) is 24.9. The lowest BCUT2D eigenvalue weighted by atomic mass is 9.62. The van der Waals surface area contributed by atoms with E-state index in [0.29, 0.717) is 13.2 Å². The minimum Gasteiger partial charge on any atom is -0.399 e. The lowest BCUT2D eigenvalue weighted by Gasteiger charge is -2.43. The van der Waals surface area contributed by atoms with Crippen LogP contribution < -0.4 is 5.46 Å². The van der Waals surface area contributed by atoms with Crippen LogP contribution >= 0.6 is 0 Å². The molecule has 1 aromatic heterocycles. The van der Waals surface area contributed by atoms with Crippen molar-refractivity contribution in [2.24, 2.45) is 0 Å². The average Bonchev–Trinajstić information content (AvgIpc) is 3.34. The highest BCUT2D eigenvalue weighted by Crippen LogP contribution is 2.49. The van der Waals surface area contributed by atoms with Gasteiger partial charge in [0, 0.05) is 17.2 Å². The molecule has 0 amide bonds. The van der Waals surface area contributed by atoms with E-state index in [1.165, 1.54) is 23.1 Å². The number of pyridine rings is 1. The van der Waals surface area contributed by atoms with Crippen LogP contribution in [0.25, 0.3) is 0 Å². The largest absolute Gasteiger partial charge is 0.496 e. The van der Waals surface area contributed by atoms with Crippen molar-refractivity contribution in [2.75, 3.05) is 13.2 Å². The summed E-state index contributed by atoms with van der Waals surface area (Å²) in [5.41, 5.74) is 6.17. The van der Waals surface area contributed by atoms with Gasteiger partial charge in [-0.2, -0.15) is 0 Å². The quantitative estimate of drug-likeness (QED) is 0.563. The van der Waals surface area contributed by atoms with Crippen molar-refractivity contribution in [1.82, 2.24) is 4.98 Å². The molecule has 2 aliphatic heterocycles. The molecule has 1 aliphatic carbocycles. The van der Waals surface area contributed by atoms with E-state index < -0.39 is 24.1 Å². The normalized spacial score (nSPS) is 25.5. The fourth-order valence-electron chi connectivity index (χ4n) is 5.65. The Labute approximate surface area is 211 Å².